The third kappa shape index (κ3) is 4.69. The lowest BCUT2D eigenvalue weighted by molar-refractivity contribution is 0.661. The van der Waals surface area contributed by atoms with Gasteiger partial charge >= 0.3 is 0 Å². The van der Waals surface area contributed by atoms with E-state index in [0.29, 0.717) is 0 Å². The summed E-state index contributed by atoms with van der Waals surface area (Å²) in [5.74, 6) is 0.935. The van der Waals surface area contributed by atoms with E-state index < -0.39 is 0 Å². The maximum absolute atomic E-state index is 5.19. The average molecular weight is 739 g/mol. The largest absolute Gasteiger partial charge is 0.292 e. The molecule has 1 aliphatic rings. The lowest BCUT2D eigenvalue weighted by Crippen LogP contribution is -2.14. The first kappa shape index (κ1) is 32.9. The number of para-hydroxylation sites is 3. The zero-order chi connectivity index (χ0) is 38.5. The molecule has 1 aromatic heterocycles. The van der Waals surface area contributed by atoms with Crippen molar-refractivity contribution in [1.29, 1.82) is 0 Å². The maximum atomic E-state index is 5.19. The average Bonchev–Trinajstić information content (AvgIpc) is 3.77. The lowest BCUT2D eigenvalue weighted by Gasteiger charge is -2.24. The molecule has 0 fully saturated rings. The molecular weight excluding hydrogens is 701 g/mol. The van der Waals surface area contributed by atoms with Gasteiger partial charge in [-0.25, -0.2) is 4.98 Å². The second-order valence-electron chi connectivity index (χ2n) is 16.3. The fourth-order valence-electron chi connectivity index (χ4n) is 10.1. The van der Waals surface area contributed by atoms with Crippen LogP contribution in [0, 0.1) is 0 Å². The third-order valence-electron chi connectivity index (χ3n) is 12.8. The van der Waals surface area contributed by atoms with E-state index >= 15 is 0 Å². The van der Waals surface area contributed by atoms with Crippen LogP contribution in [0.2, 0.25) is 0 Å². The standard InChI is InChI=1S/C56H38N2/c1-56(2)49-25-13-12-22-42(49)45-33-47-48(34-50(45)56)53(35-28-30-36(31-29-35)55-57-51-26-14-15-27-52(51)58(55)38-17-4-3-5-18-38)43-23-10-11-24-44(43)54(47)46-32-37-16-6-7-19-39(37)40-20-8-9-21-41(40)46/h3-34H,1-2H3. The SMILES string of the molecule is CC1(C)c2ccccc2-c2cc3c(-c4cc5ccccc5c5ccccc45)c4ccccc4c(-c4ccc(-c5nc6ccccc6n5-c5ccccc5)cc4)c3cc21. The Morgan fingerprint density at radius 3 is 1.81 bits per heavy atom. The van der Waals surface area contributed by atoms with Crippen molar-refractivity contribution in [2.45, 2.75) is 19.3 Å². The van der Waals surface area contributed by atoms with Crippen LogP contribution >= 0.6 is 0 Å². The fraction of sp³-hybridized carbons (Fsp3) is 0.0536. The van der Waals surface area contributed by atoms with Crippen molar-refractivity contribution in [3.63, 3.8) is 0 Å². The minimum absolute atomic E-state index is 0.140. The van der Waals surface area contributed by atoms with Crippen LogP contribution in [-0.2, 0) is 5.41 Å². The zero-order valence-corrected chi connectivity index (χ0v) is 32.4. The summed E-state index contributed by atoms with van der Waals surface area (Å²) in [5.41, 5.74) is 14.5. The number of fused-ring (bicyclic) bond motifs is 9. The van der Waals surface area contributed by atoms with Gasteiger partial charge in [0.1, 0.15) is 5.82 Å². The summed E-state index contributed by atoms with van der Waals surface area (Å²) in [5, 5.41) is 10.1. The second-order valence-corrected chi connectivity index (χ2v) is 16.3. The van der Waals surface area contributed by atoms with Crippen molar-refractivity contribution < 1.29 is 0 Å². The quantitative estimate of drug-likeness (QED) is 0.130. The summed E-state index contributed by atoms with van der Waals surface area (Å²) >= 11 is 0. The smallest absolute Gasteiger partial charge is 0.145 e. The molecule has 1 aliphatic carbocycles. The first-order valence-corrected chi connectivity index (χ1v) is 20.2. The van der Waals surface area contributed by atoms with E-state index in [2.05, 4.69) is 213 Å². The molecule has 0 radical (unpaired) electrons. The molecule has 58 heavy (non-hydrogen) atoms. The van der Waals surface area contributed by atoms with E-state index in [4.69, 9.17) is 4.98 Å². The Hall–Kier alpha value is -7.29. The Bertz CT molecular complexity index is 3460. The number of benzene rings is 10. The normalized spacial score (nSPS) is 13.1. The Labute approximate surface area is 337 Å². The van der Waals surface area contributed by atoms with Gasteiger partial charge < -0.3 is 0 Å². The second kappa shape index (κ2) is 12.4. The number of nitrogens with zero attached hydrogens (tertiary/aromatic N) is 2. The molecule has 272 valence electrons. The van der Waals surface area contributed by atoms with Crippen molar-refractivity contribution in [2.75, 3.05) is 0 Å². The molecule has 0 saturated heterocycles. The molecule has 12 rings (SSSR count). The molecule has 0 aliphatic heterocycles. The molecule has 2 nitrogen and oxygen atoms in total. The molecule has 0 atom stereocenters. The monoisotopic (exact) mass is 738 g/mol. The minimum atomic E-state index is -0.140. The van der Waals surface area contributed by atoms with Crippen LogP contribution in [-0.4, -0.2) is 9.55 Å². The van der Waals surface area contributed by atoms with Crippen molar-refractivity contribution in [1.82, 2.24) is 9.55 Å². The van der Waals surface area contributed by atoms with Gasteiger partial charge in [-0.3, -0.25) is 4.57 Å². The summed E-state index contributed by atoms with van der Waals surface area (Å²) < 4.78 is 2.28. The Morgan fingerprint density at radius 2 is 1.00 bits per heavy atom. The summed E-state index contributed by atoms with van der Waals surface area (Å²) in [6, 6.07) is 71.4. The minimum Gasteiger partial charge on any atom is -0.292 e. The van der Waals surface area contributed by atoms with Gasteiger partial charge in [0, 0.05) is 16.7 Å². The van der Waals surface area contributed by atoms with Crippen LogP contribution in [0.1, 0.15) is 25.0 Å². The molecule has 11 aromatic rings. The summed E-state index contributed by atoms with van der Waals surface area (Å²) in [6.07, 6.45) is 0. The first-order chi connectivity index (χ1) is 28.5. The Balaban J connectivity index is 1.16. The topological polar surface area (TPSA) is 17.8 Å². The molecule has 2 heteroatoms. The van der Waals surface area contributed by atoms with Crippen molar-refractivity contribution >= 4 is 54.1 Å². The van der Waals surface area contributed by atoms with Crippen LogP contribution in [0.25, 0.3) is 105 Å². The highest BCUT2D eigenvalue weighted by molar-refractivity contribution is 6.26. The fourth-order valence-corrected chi connectivity index (χ4v) is 10.1. The van der Waals surface area contributed by atoms with E-state index in [1.807, 2.05) is 0 Å². The Kier molecular flexibility index (Phi) is 7.01. The van der Waals surface area contributed by atoms with Crippen LogP contribution in [0.4, 0.5) is 0 Å². The number of rotatable bonds is 4. The Morgan fingerprint density at radius 1 is 0.397 bits per heavy atom. The van der Waals surface area contributed by atoms with Gasteiger partial charge in [-0.1, -0.05) is 166 Å². The van der Waals surface area contributed by atoms with E-state index in [1.165, 1.54) is 87.6 Å². The lowest BCUT2D eigenvalue weighted by atomic mass is 9.79. The van der Waals surface area contributed by atoms with Crippen LogP contribution < -0.4 is 0 Å². The predicted octanol–water partition coefficient (Wildman–Crippen LogP) is 14.9. The van der Waals surface area contributed by atoms with E-state index in [9.17, 15) is 0 Å². The summed E-state index contributed by atoms with van der Waals surface area (Å²) in [4.78, 5) is 5.19. The van der Waals surface area contributed by atoms with E-state index in [1.54, 1.807) is 0 Å². The molecule has 1 heterocycles. The van der Waals surface area contributed by atoms with Gasteiger partial charge in [0.25, 0.3) is 0 Å². The molecule has 0 saturated carbocycles. The molecule has 0 N–H and O–H groups in total. The highest BCUT2D eigenvalue weighted by Gasteiger charge is 2.36. The molecule has 0 bridgehead atoms. The van der Waals surface area contributed by atoms with Crippen molar-refractivity contribution in [3.05, 3.63) is 205 Å². The molecule has 10 aromatic carbocycles. The maximum Gasteiger partial charge on any atom is 0.145 e. The van der Waals surface area contributed by atoms with Crippen LogP contribution in [0.5, 0.6) is 0 Å². The molecule has 0 amide bonds. The number of aromatic nitrogens is 2. The van der Waals surface area contributed by atoms with E-state index in [0.717, 1.165) is 28.1 Å². The van der Waals surface area contributed by atoms with Crippen LogP contribution in [0.15, 0.2) is 194 Å². The molecule has 0 spiro atoms. The van der Waals surface area contributed by atoms with Gasteiger partial charge in [-0.05, 0) is 130 Å². The zero-order valence-electron chi connectivity index (χ0n) is 32.4. The van der Waals surface area contributed by atoms with Gasteiger partial charge in [0.05, 0.1) is 11.0 Å². The van der Waals surface area contributed by atoms with Gasteiger partial charge in [0.2, 0.25) is 0 Å². The number of hydrogen-bond acceptors (Lipinski definition) is 1. The van der Waals surface area contributed by atoms with E-state index in [-0.39, 0.29) is 5.41 Å². The van der Waals surface area contributed by atoms with Crippen molar-refractivity contribution in [2.24, 2.45) is 0 Å². The summed E-state index contributed by atoms with van der Waals surface area (Å²) in [6.45, 7) is 4.77. The number of hydrogen-bond donors (Lipinski definition) is 0. The highest BCUT2D eigenvalue weighted by Crippen LogP contribution is 2.54. The van der Waals surface area contributed by atoms with Gasteiger partial charge in [-0.15, -0.1) is 0 Å². The number of imidazole rings is 1. The van der Waals surface area contributed by atoms with Crippen LogP contribution in [0.3, 0.4) is 0 Å². The third-order valence-corrected chi connectivity index (χ3v) is 12.8. The first-order valence-electron chi connectivity index (χ1n) is 20.2. The molecule has 0 unspecified atom stereocenters. The molecular formula is C56H38N2. The van der Waals surface area contributed by atoms with Crippen molar-refractivity contribution in [3.8, 4) is 50.5 Å². The predicted molar refractivity (Wildman–Crippen MR) is 245 cm³/mol. The van der Waals surface area contributed by atoms with Gasteiger partial charge in [-0.2, -0.15) is 0 Å². The summed E-state index contributed by atoms with van der Waals surface area (Å²) in [7, 11) is 0. The van der Waals surface area contributed by atoms with Gasteiger partial charge in [0.15, 0.2) is 0 Å². The highest BCUT2D eigenvalue weighted by atomic mass is 15.1.